The highest BCUT2D eigenvalue weighted by Gasteiger charge is 2.11. The predicted molar refractivity (Wildman–Crippen MR) is 92.8 cm³/mol. The zero-order valence-corrected chi connectivity index (χ0v) is 13.9. The van der Waals surface area contributed by atoms with Crippen molar-refractivity contribution in [2.24, 2.45) is 0 Å². The molecule has 0 radical (unpaired) electrons. The molecule has 2 aromatic rings. The number of nitrogens with zero attached hydrogens (tertiary/aromatic N) is 1. The molecule has 0 saturated carbocycles. The minimum absolute atomic E-state index is 0.0649. The summed E-state index contributed by atoms with van der Waals surface area (Å²) in [7, 11) is 0. The third-order valence-corrected chi connectivity index (χ3v) is 3.97. The number of nitrogens with one attached hydrogen (secondary N) is 3. The lowest BCUT2D eigenvalue weighted by atomic mass is 10.2. The number of amides is 3. The molecule has 0 aliphatic rings. The van der Waals surface area contributed by atoms with Gasteiger partial charge in [-0.2, -0.15) is 0 Å². The van der Waals surface area contributed by atoms with Gasteiger partial charge < -0.3 is 10.6 Å². The highest BCUT2D eigenvalue weighted by atomic mass is 32.1. The van der Waals surface area contributed by atoms with Crippen molar-refractivity contribution in [1.29, 1.82) is 0 Å². The first kappa shape index (κ1) is 17.0. The zero-order valence-electron chi connectivity index (χ0n) is 13.1. The molecule has 0 aliphatic heterocycles. The maximum absolute atomic E-state index is 11.9. The number of aromatic nitrogens is 1. The van der Waals surface area contributed by atoms with Gasteiger partial charge in [-0.15, -0.1) is 11.3 Å². The van der Waals surface area contributed by atoms with Crippen LogP contribution in [0.4, 0.5) is 15.6 Å². The van der Waals surface area contributed by atoms with Gasteiger partial charge in [-0.05, 0) is 25.5 Å². The molecule has 3 N–H and O–H groups in total. The second-order valence-electron chi connectivity index (χ2n) is 5.14. The standard InChI is InChI=1S/C16H20N4O2S/c1-3-11(2)17-14(21)9-13-10-23-16(19-13)20-15(22)18-12-7-5-4-6-8-12/h4-8,10-11H,3,9H2,1-2H3,(H,17,21)(H2,18,19,20,22). The Bertz CT molecular complexity index is 657. The number of para-hydroxylation sites is 1. The number of anilines is 2. The van der Waals surface area contributed by atoms with E-state index in [2.05, 4.69) is 20.9 Å². The maximum Gasteiger partial charge on any atom is 0.325 e. The molecule has 1 aromatic heterocycles. The Morgan fingerprint density at radius 3 is 2.65 bits per heavy atom. The summed E-state index contributed by atoms with van der Waals surface area (Å²) in [6.07, 6.45) is 1.10. The summed E-state index contributed by atoms with van der Waals surface area (Å²) in [5.74, 6) is -0.0649. The second kappa shape index (κ2) is 8.28. The van der Waals surface area contributed by atoms with Crippen LogP contribution in [0, 0.1) is 0 Å². The van der Waals surface area contributed by atoms with Crippen molar-refractivity contribution in [1.82, 2.24) is 10.3 Å². The molecule has 0 spiro atoms. The van der Waals surface area contributed by atoms with Crippen LogP contribution < -0.4 is 16.0 Å². The first-order valence-electron chi connectivity index (χ1n) is 7.43. The highest BCUT2D eigenvalue weighted by molar-refractivity contribution is 7.13. The summed E-state index contributed by atoms with van der Waals surface area (Å²) >= 11 is 1.29. The third kappa shape index (κ3) is 5.71. The number of carbonyl (C=O) groups is 2. The number of thiazole rings is 1. The minimum atomic E-state index is -0.360. The van der Waals surface area contributed by atoms with Crippen molar-refractivity contribution < 1.29 is 9.59 Å². The molecule has 122 valence electrons. The topological polar surface area (TPSA) is 83.1 Å². The normalized spacial score (nSPS) is 11.6. The lowest BCUT2D eigenvalue weighted by molar-refractivity contribution is -0.121. The van der Waals surface area contributed by atoms with Crippen LogP contribution in [-0.2, 0) is 11.2 Å². The molecule has 0 aliphatic carbocycles. The summed E-state index contributed by atoms with van der Waals surface area (Å²) in [6.45, 7) is 3.97. The highest BCUT2D eigenvalue weighted by Crippen LogP contribution is 2.16. The molecule has 0 saturated heterocycles. The van der Waals surface area contributed by atoms with E-state index in [0.29, 0.717) is 16.5 Å². The molecule has 1 heterocycles. The van der Waals surface area contributed by atoms with E-state index in [-0.39, 0.29) is 24.4 Å². The Morgan fingerprint density at radius 1 is 1.22 bits per heavy atom. The van der Waals surface area contributed by atoms with E-state index < -0.39 is 0 Å². The zero-order chi connectivity index (χ0) is 16.7. The predicted octanol–water partition coefficient (Wildman–Crippen LogP) is 3.24. The molecule has 0 fully saturated rings. The Labute approximate surface area is 139 Å². The SMILES string of the molecule is CCC(C)NC(=O)Cc1csc(NC(=O)Nc2ccccc2)n1. The fourth-order valence-corrected chi connectivity index (χ4v) is 2.52. The molecule has 0 bridgehead atoms. The van der Waals surface area contributed by atoms with Crippen LogP contribution in [0.3, 0.4) is 0 Å². The van der Waals surface area contributed by atoms with E-state index in [0.717, 1.165) is 6.42 Å². The van der Waals surface area contributed by atoms with Crippen LogP contribution in [-0.4, -0.2) is 23.0 Å². The fraction of sp³-hybridized carbons (Fsp3) is 0.312. The first-order valence-corrected chi connectivity index (χ1v) is 8.31. The summed E-state index contributed by atoms with van der Waals surface area (Å²) in [5.41, 5.74) is 1.35. The summed E-state index contributed by atoms with van der Waals surface area (Å²) < 4.78 is 0. The maximum atomic E-state index is 11.9. The Kier molecular flexibility index (Phi) is 6.10. The molecule has 3 amide bonds. The van der Waals surface area contributed by atoms with Gasteiger partial charge in [0, 0.05) is 17.1 Å². The third-order valence-electron chi connectivity index (χ3n) is 3.17. The van der Waals surface area contributed by atoms with Crippen molar-refractivity contribution in [3.8, 4) is 0 Å². The van der Waals surface area contributed by atoms with Gasteiger partial charge in [0.25, 0.3) is 0 Å². The van der Waals surface area contributed by atoms with Crippen molar-refractivity contribution in [3.05, 3.63) is 41.4 Å². The molecule has 1 unspecified atom stereocenters. The van der Waals surface area contributed by atoms with Crippen molar-refractivity contribution in [2.75, 3.05) is 10.6 Å². The van der Waals surface area contributed by atoms with Gasteiger partial charge in [0.15, 0.2) is 5.13 Å². The van der Waals surface area contributed by atoms with Gasteiger partial charge in [0.2, 0.25) is 5.91 Å². The van der Waals surface area contributed by atoms with Gasteiger partial charge in [0.1, 0.15) is 0 Å². The monoisotopic (exact) mass is 332 g/mol. The molecular weight excluding hydrogens is 312 g/mol. The number of hydrogen-bond donors (Lipinski definition) is 3. The number of carbonyl (C=O) groups excluding carboxylic acids is 2. The summed E-state index contributed by atoms with van der Waals surface area (Å²) in [6, 6.07) is 8.94. The van der Waals surface area contributed by atoms with E-state index >= 15 is 0 Å². The summed E-state index contributed by atoms with van der Waals surface area (Å²) in [5, 5.41) is 10.5. The van der Waals surface area contributed by atoms with Crippen LogP contribution in [0.15, 0.2) is 35.7 Å². The number of benzene rings is 1. The van der Waals surface area contributed by atoms with Crippen molar-refractivity contribution >= 4 is 34.1 Å². The van der Waals surface area contributed by atoms with Crippen LogP contribution in [0.2, 0.25) is 0 Å². The van der Waals surface area contributed by atoms with E-state index in [1.54, 1.807) is 17.5 Å². The number of urea groups is 1. The van der Waals surface area contributed by atoms with E-state index in [1.165, 1.54) is 11.3 Å². The van der Waals surface area contributed by atoms with E-state index in [1.807, 2.05) is 32.0 Å². The van der Waals surface area contributed by atoms with E-state index in [4.69, 9.17) is 0 Å². The average molecular weight is 332 g/mol. The van der Waals surface area contributed by atoms with Gasteiger partial charge in [-0.25, -0.2) is 9.78 Å². The Morgan fingerprint density at radius 2 is 1.96 bits per heavy atom. The minimum Gasteiger partial charge on any atom is -0.353 e. The lowest BCUT2D eigenvalue weighted by Gasteiger charge is -2.10. The van der Waals surface area contributed by atoms with Gasteiger partial charge in [0.05, 0.1) is 12.1 Å². The van der Waals surface area contributed by atoms with Gasteiger partial charge in [-0.1, -0.05) is 25.1 Å². The number of hydrogen-bond acceptors (Lipinski definition) is 4. The van der Waals surface area contributed by atoms with Gasteiger partial charge in [-0.3, -0.25) is 10.1 Å². The van der Waals surface area contributed by atoms with Crippen LogP contribution >= 0.6 is 11.3 Å². The van der Waals surface area contributed by atoms with Crippen LogP contribution in [0.25, 0.3) is 0 Å². The molecule has 1 aromatic carbocycles. The average Bonchev–Trinajstić information content (AvgIpc) is 2.94. The van der Waals surface area contributed by atoms with Crippen LogP contribution in [0.1, 0.15) is 26.0 Å². The molecule has 1 atom stereocenters. The van der Waals surface area contributed by atoms with Crippen molar-refractivity contribution in [3.63, 3.8) is 0 Å². The Hall–Kier alpha value is -2.41. The summed E-state index contributed by atoms with van der Waals surface area (Å²) in [4.78, 5) is 27.9. The number of rotatable bonds is 6. The smallest absolute Gasteiger partial charge is 0.325 e. The first-order chi connectivity index (χ1) is 11.1. The molecule has 23 heavy (non-hydrogen) atoms. The van der Waals surface area contributed by atoms with Crippen molar-refractivity contribution in [2.45, 2.75) is 32.7 Å². The fourth-order valence-electron chi connectivity index (χ4n) is 1.82. The largest absolute Gasteiger partial charge is 0.353 e. The lowest BCUT2D eigenvalue weighted by Crippen LogP contribution is -2.33. The second-order valence-corrected chi connectivity index (χ2v) is 6.00. The Balaban J connectivity index is 1.84. The quantitative estimate of drug-likeness (QED) is 0.759. The molecule has 6 nitrogen and oxygen atoms in total. The molecule has 2 rings (SSSR count). The van der Waals surface area contributed by atoms with E-state index in [9.17, 15) is 9.59 Å². The van der Waals surface area contributed by atoms with Gasteiger partial charge >= 0.3 is 6.03 Å². The van der Waals surface area contributed by atoms with Crippen LogP contribution in [0.5, 0.6) is 0 Å². The molecular formula is C16H20N4O2S. The molecule has 7 heteroatoms.